The molecule has 0 spiro atoms. The number of aromatic nitrogens is 2. The third-order valence-corrected chi connectivity index (χ3v) is 4.70. The number of aryl methyl sites for hydroxylation is 1. The second-order valence-electron chi connectivity index (χ2n) is 4.74. The summed E-state index contributed by atoms with van der Waals surface area (Å²) in [6, 6.07) is 7.73. The van der Waals surface area contributed by atoms with Crippen LogP contribution in [0.1, 0.15) is 23.4 Å². The number of hydrogen-bond donors (Lipinski definition) is 2. The van der Waals surface area contributed by atoms with Crippen LogP contribution in [0.15, 0.2) is 24.3 Å². The van der Waals surface area contributed by atoms with E-state index in [9.17, 15) is 8.42 Å². The van der Waals surface area contributed by atoms with Crippen LogP contribution in [0.2, 0.25) is 0 Å². The van der Waals surface area contributed by atoms with Crippen molar-refractivity contribution in [1.82, 2.24) is 10.2 Å². The van der Waals surface area contributed by atoms with Crippen LogP contribution < -0.4 is 5.73 Å². The van der Waals surface area contributed by atoms with Gasteiger partial charge in [0, 0.05) is 11.8 Å². The van der Waals surface area contributed by atoms with E-state index in [1.54, 1.807) is 6.92 Å². The molecule has 0 aliphatic heterocycles. The molecule has 0 saturated carbocycles. The molecule has 102 valence electrons. The highest BCUT2D eigenvalue weighted by Gasteiger charge is 2.25. The fourth-order valence-electron chi connectivity index (χ4n) is 1.98. The Balaban J connectivity index is 2.62. The molecular weight excluding hydrogens is 262 g/mol. The zero-order valence-corrected chi connectivity index (χ0v) is 12.0. The Kier molecular flexibility index (Phi) is 3.36. The molecule has 6 heteroatoms. The Bertz CT molecular complexity index is 704. The Morgan fingerprint density at radius 1 is 1.37 bits per heavy atom. The van der Waals surface area contributed by atoms with Crippen LogP contribution in [0.25, 0.3) is 11.1 Å². The van der Waals surface area contributed by atoms with E-state index in [2.05, 4.69) is 10.2 Å². The lowest BCUT2D eigenvalue weighted by molar-refractivity contribution is 0.591. The number of hydrogen-bond acceptors (Lipinski definition) is 4. The quantitative estimate of drug-likeness (QED) is 0.900. The second-order valence-corrected chi connectivity index (χ2v) is 7.10. The van der Waals surface area contributed by atoms with Gasteiger partial charge in [-0.2, -0.15) is 5.10 Å². The molecule has 2 rings (SSSR count). The molecule has 1 atom stereocenters. The van der Waals surface area contributed by atoms with E-state index in [1.807, 2.05) is 31.2 Å². The van der Waals surface area contributed by atoms with Gasteiger partial charge in [-0.05, 0) is 19.4 Å². The number of benzene rings is 1. The summed E-state index contributed by atoms with van der Waals surface area (Å²) in [6.07, 6.45) is 1.20. The summed E-state index contributed by atoms with van der Waals surface area (Å²) in [4.78, 5) is 0. The number of aromatic amines is 1. The number of nitrogens with two attached hydrogens (primary N) is 1. The monoisotopic (exact) mass is 279 g/mol. The fraction of sp³-hybridized carbons (Fsp3) is 0.308. The third-order valence-electron chi connectivity index (χ3n) is 3.18. The first-order chi connectivity index (χ1) is 8.80. The van der Waals surface area contributed by atoms with E-state index in [0.717, 1.165) is 11.1 Å². The average molecular weight is 279 g/mol. The van der Waals surface area contributed by atoms with E-state index in [-0.39, 0.29) is 0 Å². The number of anilines is 1. The fourth-order valence-corrected chi connectivity index (χ4v) is 2.58. The van der Waals surface area contributed by atoms with E-state index in [1.165, 1.54) is 6.26 Å². The predicted octanol–water partition coefficient (Wildman–Crippen LogP) is 2.07. The van der Waals surface area contributed by atoms with Gasteiger partial charge in [0.05, 0.1) is 5.69 Å². The van der Waals surface area contributed by atoms with E-state index < -0.39 is 15.1 Å². The van der Waals surface area contributed by atoms with Gasteiger partial charge in [-0.25, -0.2) is 8.42 Å². The van der Waals surface area contributed by atoms with Crippen molar-refractivity contribution in [2.24, 2.45) is 0 Å². The van der Waals surface area contributed by atoms with E-state index >= 15 is 0 Å². The van der Waals surface area contributed by atoms with Gasteiger partial charge >= 0.3 is 0 Å². The SMILES string of the molecule is Cc1cccc(-c2c(N)n[nH]c2C(C)S(C)(=O)=O)c1. The maximum atomic E-state index is 11.7. The second kappa shape index (κ2) is 4.70. The van der Waals surface area contributed by atoms with Gasteiger partial charge in [-0.15, -0.1) is 0 Å². The Labute approximate surface area is 112 Å². The number of sulfone groups is 1. The third kappa shape index (κ3) is 2.63. The van der Waals surface area contributed by atoms with Crippen LogP contribution in [-0.4, -0.2) is 24.9 Å². The molecule has 0 amide bonds. The average Bonchev–Trinajstić information content (AvgIpc) is 2.68. The minimum atomic E-state index is -3.21. The first-order valence-corrected chi connectivity index (χ1v) is 7.86. The minimum Gasteiger partial charge on any atom is -0.382 e. The summed E-state index contributed by atoms with van der Waals surface area (Å²) >= 11 is 0. The molecule has 0 bridgehead atoms. The van der Waals surface area contributed by atoms with E-state index in [0.29, 0.717) is 17.1 Å². The Morgan fingerprint density at radius 2 is 2.05 bits per heavy atom. The smallest absolute Gasteiger partial charge is 0.155 e. The molecule has 1 aromatic carbocycles. The highest BCUT2D eigenvalue weighted by molar-refractivity contribution is 7.90. The van der Waals surface area contributed by atoms with Crippen molar-refractivity contribution in [1.29, 1.82) is 0 Å². The highest BCUT2D eigenvalue weighted by atomic mass is 32.2. The zero-order valence-electron chi connectivity index (χ0n) is 11.1. The molecule has 0 aliphatic rings. The number of H-pyrrole nitrogens is 1. The van der Waals surface area contributed by atoms with Gasteiger partial charge in [0.25, 0.3) is 0 Å². The summed E-state index contributed by atoms with van der Waals surface area (Å²) in [5.74, 6) is 0.316. The zero-order chi connectivity index (χ0) is 14.2. The van der Waals surface area contributed by atoms with Gasteiger partial charge < -0.3 is 5.73 Å². The number of nitrogens with zero attached hydrogens (tertiary/aromatic N) is 1. The van der Waals surface area contributed by atoms with Crippen molar-refractivity contribution in [2.75, 3.05) is 12.0 Å². The molecule has 0 fully saturated rings. The van der Waals surface area contributed by atoms with Gasteiger partial charge in [-0.3, -0.25) is 5.10 Å². The lowest BCUT2D eigenvalue weighted by atomic mass is 10.0. The van der Waals surface area contributed by atoms with Gasteiger partial charge in [0.1, 0.15) is 5.25 Å². The van der Waals surface area contributed by atoms with Crippen LogP contribution in [0.5, 0.6) is 0 Å². The van der Waals surface area contributed by atoms with Gasteiger partial charge in [0.2, 0.25) is 0 Å². The summed E-state index contributed by atoms with van der Waals surface area (Å²) in [7, 11) is -3.21. The maximum absolute atomic E-state index is 11.7. The first kappa shape index (κ1) is 13.6. The molecular formula is C13H17N3O2S. The van der Waals surface area contributed by atoms with Crippen LogP contribution >= 0.6 is 0 Å². The van der Waals surface area contributed by atoms with E-state index in [4.69, 9.17) is 5.73 Å². The molecule has 5 nitrogen and oxygen atoms in total. The molecule has 3 N–H and O–H groups in total. The summed E-state index contributed by atoms with van der Waals surface area (Å²) in [5, 5.41) is 6.02. The normalized spacial score (nSPS) is 13.4. The number of nitrogen functional groups attached to an aromatic ring is 1. The lowest BCUT2D eigenvalue weighted by Gasteiger charge is -2.11. The summed E-state index contributed by atoms with van der Waals surface area (Å²) < 4.78 is 23.4. The van der Waals surface area contributed by atoms with Gasteiger partial charge in [0.15, 0.2) is 15.7 Å². The first-order valence-electron chi connectivity index (χ1n) is 5.90. The molecule has 0 saturated heterocycles. The van der Waals surface area contributed by atoms with Crippen LogP contribution in [0.3, 0.4) is 0 Å². The molecule has 0 aliphatic carbocycles. The Hall–Kier alpha value is -1.82. The van der Waals surface area contributed by atoms with Crippen molar-refractivity contribution in [2.45, 2.75) is 19.1 Å². The van der Waals surface area contributed by atoms with Gasteiger partial charge in [-0.1, -0.05) is 29.8 Å². The highest BCUT2D eigenvalue weighted by Crippen LogP contribution is 2.34. The van der Waals surface area contributed by atoms with Crippen molar-refractivity contribution < 1.29 is 8.42 Å². The topological polar surface area (TPSA) is 88.8 Å². The summed E-state index contributed by atoms with van der Waals surface area (Å²) in [6.45, 7) is 3.60. The van der Waals surface area contributed by atoms with Crippen molar-refractivity contribution in [3.63, 3.8) is 0 Å². The van der Waals surface area contributed by atoms with Crippen LogP contribution in [0.4, 0.5) is 5.82 Å². The minimum absolute atomic E-state index is 0.316. The molecule has 19 heavy (non-hydrogen) atoms. The molecule has 1 unspecified atom stereocenters. The van der Waals surface area contributed by atoms with Crippen molar-refractivity contribution in [3.05, 3.63) is 35.5 Å². The van der Waals surface area contributed by atoms with Crippen LogP contribution in [0, 0.1) is 6.92 Å². The largest absolute Gasteiger partial charge is 0.382 e. The lowest BCUT2D eigenvalue weighted by Crippen LogP contribution is -2.09. The molecule has 1 heterocycles. The van der Waals surface area contributed by atoms with Crippen LogP contribution in [-0.2, 0) is 9.84 Å². The number of rotatable bonds is 3. The number of nitrogens with one attached hydrogen (secondary N) is 1. The standard InChI is InChI=1S/C13H17N3O2S/c1-8-5-4-6-10(7-8)11-12(15-16-13(11)14)9(2)19(3,17)18/h4-7,9H,1-3H3,(H3,14,15,16). The van der Waals surface area contributed by atoms with Crippen molar-refractivity contribution >= 4 is 15.7 Å². The summed E-state index contributed by atoms with van der Waals surface area (Å²) in [5.41, 5.74) is 9.02. The maximum Gasteiger partial charge on any atom is 0.155 e. The molecule has 1 aromatic heterocycles. The molecule has 0 radical (unpaired) electrons. The predicted molar refractivity (Wildman–Crippen MR) is 76.4 cm³/mol. The Morgan fingerprint density at radius 3 is 2.63 bits per heavy atom. The molecule has 2 aromatic rings. The van der Waals surface area contributed by atoms with Crippen molar-refractivity contribution in [3.8, 4) is 11.1 Å².